The zero-order valence-corrected chi connectivity index (χ0v) is 18.2. The van der Waals surface area contributed by atoms with Crippen LogP contribution in [0.5, 0.6) is 0 Å². The van der Waals surface area contributed by atoms with Gasteiger partial charge < -0.3 is 9.15 Å². The number of hydrogen-bond donors (Lipinski definition) is 0. The van der Waals surface area contributed by atoms with Crippen molar-refractivity contribution in [1.29, 1.82) is 0 Å². The van der Waals surface area contributed by atoms with Crippen LogP contribution in [0.4, 0.5) is 0 Å². The number of rotatable bonds is 6. The molecule has 1 aliphatic rings. The lowest BCUT2D eigenvalue weighted by molar-refractivity contribution is -0.152. The van der Waals surface area contributed by atoms with Gasteiger partial charge in [-0.05, 0) is 67.7 Å². The van der Waals surface area contributed by atoms with Gasteiger partial charge in [0, 0.05) is 5.56 Å². The first-order valence-corrected chi connectivity index (χ1v) is 11.1. The molecule has 1 aromatic carbocycles. The molecule has 1 aliphatic carbocycles. The van der Waals surface area contributed by atoms with Crippen LogP contribution in [0.3, 0.4) is 0 Å². The van der Waals surface area contributed by atoms with E-state index in [0.717, 1.165) is 18.4 Å². The van der Waals surface area contributed by atoms with Crippen molar-refractivity contribution in [3.63, 3.8) is 0 Å². The van der Waals surface area contributed by atoms with Crippen molar-refractivity contribution in [3.05, 3.63) is 29.3 Å². The number of aromatic nitrogens is 2. The van der Waals surface area contributed by atoms with E-state index in [-0.39, 0.29) is 17.8 Å². The first-order chi connectivity index (χ1) is 13.3. The minimum absolute atomic E-state index is 0.0191. The average Bonchev–Trinajstić information content (AvgIpc) is 3.11. The largest absolute Gasteiger partial charge is 0.461 e. The molecule has 0 N–H and O–H groups in total. The van der Waals surface area contributed by atoms with Crippen molar-refractivity contribution in [1.82, 2.24) is 10.2 Å². The van der Waals surface area contributed by atoms with Gasteiger partial charge in [-0.3, -0.25) is 4.79 Å². The van der Waals surface area contributed by atoms with Gasteiger partial charge in [-0.15, -0.1) is 10.2 Å². The molecule has 3 rings (SSSR count). The van der Waals surface area contributed by atoms with E-state index in [0.29, 0.717) is 28.9 Å². The van der Waals surface area contributed by atoms with Crippen molar-refractivity contribution in [2.75, 3.05) is 5.75 Å². The molecule has 0 unspecified atom stereocenters. The highest BCUT2D eigenvalue weighted by atomic mass is 32.2. The number of aryl methyl sites for hydroxylation is 2. The van der Waals surface area contributed by atoms with Crippen LogP contribution in [0.25, 0.3) is 11.5 Å². The molecule has 3 atom stereocenters. The zero-order chi connectivity index (χ0) is 20.3. The summed E-state index contributed by atoms with van der Waals surface area (Å²) in [5.74, 6) is 2.03. The highest BCUT2D eigenvalue weighted by Gasteiger charge is 2.33. The normalized spacial score (nSPS) is 22.4. The number of benzene rings is 1. The van der Waals surface area contributed by atoms with Crippen molar-refractivity contribution in [2.24, 2.45) is 17.8 Å². The number of carbonyl (C=O) groups is 1. The second kappa shape index (κ2) is 9.12. The third-order valence-corrected chi connectivity index (χ3v) is 6.51. The van der Waals surface area contributed by atoms with E-state index >= 15 is 0 Å². The Balaban J connectivity index is 1.56. The Morgan fingerprint density at radius 3 is 2.75 bits per heavy atom. The van der Waals surface area contributed by atoms with Gasteiger partial charge in [0.1, 0.15) is 11.9 Å². The smallest absolute Gasteiger partial charge is 0.316 e. The van der Waals surface area contributed by atoms with Gasteiger partial charge in [0.15, 0.2) is 0 Å². The van der Waals surface area contributed by atoms with Gasteiger partial charge in [0.2, 0.25) is 5.89 Å². The first-order valence-electron chi connectivity index (χ1n) is 10.1. The summed E-state index contributed by atoms with van der Waals surface area (Å²) in [6.07, 6.45) is 3.32. The summed E-state index contributed by atoms with van der Waals surface area (Å²) in [6.45, 7) is 10.8. The highest BCUT2D eigenvalue weighted by molar-refractivity contribution is 7.99. The van der Waals surface area contributed by atoms with Gasteiger partial charge in [-0.1, -0.05) is 45.0 Å². The van der Waals surface area contributed by atoms with Crippen LogP contribution in [0.2, 0.25) is 0 Å². The maximum Gasteiger partial charge on any atom is 0.316 e. The van der Waals surface area contributed by atoms with Crippen molar-refractivity contribution in [2.45, 2.75) is 65.2 Å². The predicted molar refractivity (Wildman–Crippen MR) is 111 cm³/mol. The summed E-state index contributed by atoms with van der Waals surface area (Å²) < 4.78 is 11.5. The molecule has 1 fully saturated rings. The van der Waals surface area contributed by atoms with Crippen LogP contribution in [0.15, 0.2) is 27.8 Å². The predicted octanol–water partition coefficient (Wildman–Crippen LogP) is 5.45. The Kier molecular flexibility index (Phi) is 6.81. The van der Waals surface area contributed by atoms with Crippen LogP contribution in [-0.2, 0) is 9.53 Å². The maximum absolute atomic E-state index is 12.4. The van der Waals surface area contributed by atoms with E-state index in [1.807, 2.05) is 18.2 Å². The third-order valence-electron chi connectivity index (χ3n) is 5.72. The average molecular weight is 403 g/mol. The fourth-order valence-corrected chi connectivity index (χ4v) is 4.38. The van der Waals surface area contributed by atoms with Gasteiger partial charge in [0.25, 0.3) is 5.22 Å². The van der Waals surface area contributed by atoms with Crippen LogP contribution < -0.4 is 0 Å². The second-order valence-electron chi connectivity index (χ2n) is 8.32. The zero-order valence-electron chi connectivity index (χ0n) is 17.4. The van der Waals surface area contributed by atoms with E-state index < -0.39 is 0 Å². The van der Waals surface area contributed by atoms with Gasteiger partial charge >= 0.3 is 5.97 Å². The minimum Gasteiger partial charge on any atom is -0.461 e. The molecular formula is C22H30N2O3S. The topological polar surface area (TPSA) is 65.2 Å². The number of hydrogen-bond acceptors (Lipinski definition) is 6. The Morgan fingerprint density at radius 1 is 1.25 bits per heavy atom. The first kappa shape index (κ1) is 20.9. The molecule has 1 aromatic heterocycles. The van der Waals surface area contributed by atoms with Crippen LogP contribution in [0, 0.1) is 31.6 Å². The lowest BCUT2D eigenvalue weighted by Gasteiger charge is -2.36. The van der Waals surface area contributed by atoms with Gasteiger partial charge in [-0.2, -0.15) is 0 Å². The van der Waals surface area contributed by atoms with Crippen molar-refractivity contribution >= 4 is 17.7 Å². The van der Waals surface area contributed by atoms with E-state index in [1.165, 1.54) is 29.3 Å². The lowest BCUT2D eigenvalue weighted by atomic mass is 9.75. The van der Waals surface area contributed by atoms with Crippen LogP contribution in [-0.4, -0.2) is 28.0 Å². The van der Waals surface area contributed by atoms with Crippen molar-refractivity contribution < 1.29 is 13.9 Å². The van der Waals surface area contributed by atoms with E-state index in [2.05, 4.69) is 44.8 Å². The van der Waals surface area contributed by atoms with E-state index in [9.17, 15) is 4.79 Å². The molecule has 0 spiro atoms. The molecule has 0 saturated heterocycles. The molecule has 0 bridgehead atoms. The lowest BCUT2D eigenvalue weighted by Crippen LogP contribution is -2.36. The van der Waals surface area contributed by atoms with Gasteiger partial charge in [-0.25, -0.2) is 0 Å². The summed E-state index contributed by atoms with van der Waals surface area (Å²) in [5, 5.41) is 8.55. The summed E-state index contributed by atoms with van der Waals surface area (Å²) in [7, 11) is 0. The Bertz CT molecular complexity index is 818. The SMILES string of the molecule is Cc1ccc(-c2nnc(SCC(=O)O[C@H]3C[C@H](C)CC[C@@H]3C(C)C)o2)cc1C. The van der Waals surface area contributed by atoms with Crippen LogP contribution >= 0.6 is 11.8 Å². The number of nitrogens with zero attached hydrogens (tertiary/aromatic N) is 2. The standard InChI is InChI=1S/C22H30N2O3S/c1-13(2)18-9-6-14(3)10-19(18)26-20(25)12-28-22-24-23-21(27-22)17-8-7-15(4)16(5)11-17/h7-8,11,13-14,18-19H,6,9-10,12H2,1-5H3/t14-,18-,19+/m1/s1. The third kappa shape index (κ3) is 5.16. The highest BCUT2D eigenvalue weighted by Crippen LogP contribution is 2.35. The number of thioether (sulfide) groups is 1. The molecular weight excluding hydrogens is 372 g/mol. The Hall–Kier alpha value is -1.82. The number of esters is 1. The minimum atomic E-state index is -0.208. The summed E-state index contributed by atoms with van der Waals surface area (Å²) in [4.78, 5) is 12.4. The monoisotopic (exact) mass is 402 g/mol. The molecule has 0 aliphatic heterocycles. The maximum atomic E-state index is 12.4. The Labute approximate surface area is 171 Å². The number of carbonyl (C=O) groups excluding carboxylic acids is 1. The summed E-state index contributed by atoms with van der Waals surface area (Å²) in [5.41, 5.74) is 3.29. The molecule has 0 amide bonds. The van der Waals surface area contributed by atoms with Crippen molar-refractivity contribution in [3.8, 4) is 11.5 Å². The fraction of sp³-hybridized carbons (Fsp3) is 0.591. The fourth-order valence-electron chi connectivity index (χ4n) is 3.83. The summed E-state index contributed by atoms with van der Waals surface area (Å²) >= 11 is 1.24. The molecule has 28 heavy (non-hydrogen) atoms. The quantitative estimate of drug-likeness (QED) is 0.473. The molecule has 6 heteroatoms. The molecule has 2 aromatic rings. The molecule has 152 valence electrons. The van der Waals surface area contributed by atoms with E-state index in [1.54, 1.807) is 0 Å². The van der Waals surface area contributed by atoms with Gasteiger partial charge in [0.05, 0.1) is 0 Å². The van der Waals surface area contributed by atoms with Crippen LogP contribution in [0.1, 0.15) is 51.2 Å². The van der Waals surface area contributed by atoms with E-state index in [4.69, 9.17) is 9.15 Å². The molecule has 0 radical (unpaired) electrons. The summed E-state index contributed by atoms with van der Waals surface area (Å²) in [6, 6.07) is 6.03. The molecule has 1 heterocycles. The Morgan fingerprint density at radius 2 is 2.04 bits per heavy atom. The second-order valence-corrected chi connectivity index (χ2v) is 9.24. The number of ether oxygens (including phenoxy) is 1. The molecule has 5 nitrogen and oxygen atoms in total. The molecule has 1 saturated carbocycles.